The van der Waals surface area contributed by atoms with Crippen molar-refractivity contribution >= 4 is 20.0 Å². The van der Waals surface area contributed by atoms with Gasteiger partial charge in [0.2, 0.25) is 20.0 Å². The van der Waals surface area contributed by atoms with Crippen molar-refractivity contribution in [3.63, 3.8) is 0 Å². The van der Waals surface area contributed by atoms with Gasteiger partial charge in [0.05, 0.1) is 19.0 Å². The number of nitrogens with zero attached hydrogens (tertiary/aromatic N) is 2. The van der Waals surface area contributed by atoms with Crippen molar-refractivity contribution in [1.82, 2.24) is 14.2 Å². The van der Waals surface area contributed by atoms with Crippen molar-refractivity contribution in [2.24, 2.45) is 0 Å². The first-order valence-electron chi connectivity index (χ1n) is 6.72. The van der Waals surface area contributed by atoms with E-state index in [1.54, 1.807) is 0 Å². The van der Waals surface area contributed by atoms with Crippen LogP contribution in [0, 0.1) is 13.8 Å². The minimum Gasteiger partial charge on any atom is -0.379 e. The van der Waals surface area contributed by atoms with E-state index in [0.29, 0.717) is 26.3 Å². The highest BCUT2D eigenvalue weighted by Crippen LogP contribution is 2.18. The second-order valence-electron chi connectivity index (χ2n) is 4.88. The van der Waals surface area contributed by atoms with Crippen LogP contribution in [0.25, 0.3) is 0 Å². The fourth-order valence-electron chi connectivity index (χ4n) is 2.19. The normalized spacial score (nSPS) is 17.7. The van der Waals surface area contributed by atoms with Crippen molar-refractivity contribution in [1.29, 1.82) is 0 Å². The summed E-state index contributed by atoms with van der Waals surface area (Å²) < 4.78 is 62.0. The minimum atomic E-state index is -3.85. The SMILES string of the molecule is Cc1noc(C)c1S(=O)(=O)NCCS(=O)(=O)N1CCOCC1. The quantitative estimate of drug-likeness (QED) is 0.713. The van der Waals surface area contributed by atoms with Gasteiger partial charge in [-0.3, -0.25) is 0 Å². The Hall–Kier alpha value is -1.01. The van der Waals surface area contributed by atoms with E-state index >= 15 is 0 Å². The first kappa shape index (κ1) is 17.3. The molecule has 2 rings (SSSR count). The molecule has 9 nitrogen and oxygen atoms in total. The zero-order chi connectivity index (χ0) is 16.4. The number of hydrogen-bond acceptors (Lipinski definition) is 7. The maximum absolute atomic E-state index is 12.2. The van der Waals surface area contributed by atoms with Crippen LogP contribution in [0.1, 0.15) is 11.5 Å². The van der Waals surface area contributed by atoms with Gasteiger partial charge in [0.15, 0.2) is 5.76 Å². The van der Waals surface area contributed by atoms with E-state index in [0.717, 1.165) is 0 Å². The highest BCUT2D eigenvalue weighted by Gasteiger charge is 2.27. The summed E-state index contributed by atoms with van der Waals surface area (Å²) in [7, 11) is -7.35. The van der Waals surface area contributed by atoms with E-state index in [1.165, 1.54) is 18.2 Å². The van der Waals surface area contributed by atoms with Crippen molar-refractivity contribution in [2.75, 3.05) is 38.6 Å². The van der Waals surface area contributed by atoms with Crippen LogP contribution in [0.15, 0.2) is 9.42 Å². The topological polar surface area (TPSA) is 119 Å². The van der Waals surface area contributed by atoms with Crippen LogP contribution < -0.4 is 4.72 Å². The molecular formula is C11H19N3O6S2. The van der Waals surface area contributed by atoms with Crippen LogP contribution in [-0.4, -0.2) is 64.9 Å². The summed E-state index contributed by atoms with van der Waals surface area (Å²) in [5, 5.41) is 3.58. The Morgan fingerprint density at radius 3 is 2.36 bits per heavy atom. The molecule has 0 spiro atoms. The summed E-state index contributed by atoms with van der Waals surface area (Å²) in [6.45, 7) is 4.06. The summed E-state index contributed by atoms with van der Waals surface area (Å²) >= 11 is 0. The van der Waals surface area contributed by atoms with E-state index in [-0.39, 0.29) is 28.6 Å². The summed E-state index contributed by atoms with van der Waals surface area (Å²) in [4.78, 5) is -0.0451. The van der Waals surface area contributed by atoms with E-state index in [2.05, 4.69) is 9.88 Å². The molecule has 1 aliphatic heterocycles. The molecule has 11 heteroatoms. The molecule has 0 aliphatic carbocycles. The van der Waals surface area contributed by atoms with Gasteiger partial charge in [0.1, 0.15) is 10.6 Å². The van der Waals surface area contributed by atoms with Gasteiger partial charge >= 0.3 is 0 Å². The predicted octanol–water partition coefficient (Wildman–Crippen LogP) is -0.768. The number of hydrogen-bond donors (Lipinski definition) is 1. The Morgan fingerprint density at radius 2 is 1.82 bits per heavy atom. The molecule has 0 bridgehead atoms. The number of aryl methyl sites for hydroxylation is 2. The summed E-state index contributed by atoms with van der Waals surface area (Å²) in [5.74, 6) is -0.142. The van der Waals surface area contributed by atoms with E-state index in [9.17, 15) is 16.8 Å². The van der Waals surface area contributed by atoms with Crippen LogP contribution in [0.3, 0.4) is 0 Å². The third kappa shape index (κ3) is 3.84. The Labute approximate surface area is 129 Å². The second-order valence-corrected chi connectivity index (χ2v) is 8.67. The molecule has 0 unspecified atom stereocenters. The van der Waals surface area contributed by atoms with Gasteiger partial charge in [-0.15, -0.1) is 0 Å². The lowest BCUT2D eigenvalue weighted by Gasteiger charge is -2.26. The van der Waals surface area contributed by atoms with Crippen molar-refractivity contribution < 1.29 is 26.1 Å². The Bertz CT molecular complexity index is 700. The van der Waals surface area contributed by atoms with Gasteiger partial charge in [-0.2, -0.15) is 4.31 Å². The van der Waals surface area contributed by atoms with E-state index < -0.39 is 20.0 Å². The average Bonchev–Trinajstić information content (AvgIpc) is 2.79. The molecule has 0 saturated carbocycles. The largest absolute Gasteiger partial charge is 0.379 e. The molecular weight excluding hydrogens is 334 g/mol. The highest BCUT2D eigenvalue weighted by atomic mass is 32.2. The van der Waals surface area contributed by atoms with Gasteiger partial charge in [-0.1, -0.05) is 5.16 Å². The van der Waals surface area contributed by atoms with Crippen LogP contribution in [0.2, 0.25) is 0 Å². The Balaban J connectivity index is 1.98. The molecule has 2 heterocycles. The van der Waals surface area contributed by atoms with Gasteiger partial charge in [-0.05, 0) is 13.8 Å². The van der Waals surface area contributed by atoms with E-state index in [1.807, 2.05) is 0 Å². The summed E-state index contributed by atoms with van der Waals surface area (Å²) in [5.41, 5.74) is 0.237. The number of rotatable bonds is 6. The molecule has 1 N–H and O–H groups in total. The zero-order valence-electron chi connectivity index (χ0n) is 12.4. The van der Waals surface area contributed by atoms with Gasteiger partial charge < -0.3 is 9.26 Å². The average molecular weight is 353 g/mol. The Morgan fingerprint density at radius 1 is 1.18 bits per heavy atom. The van der Waals surface area contributed by atoms with E-state index in [4.69, 9.17) is 9.26 Å². The molecule has 0 atom stereocenters. The van der Waals surface area contributed by atoms with Crippen molar-refractivity contribution in [3.05, 3.63) is 11.5 Å². The van der Waals surface area contributed by atoms with Gasteiger partial charge in [0.25, 0.3) is 0 Å². The summed E-state index contributed by atoms with van der Waals surface area (Å²) in [6.07, 6.45) is 0. The smallest absolute Gasteiger partial charge is 0.245 e. The lowest BCUT2D eigenvalue weighted by atomic mass is 10.4. The molecule has 1 saturated heterocycles. The van der Waals surface area contributed by atoms with Crippen LogP contribution in [0.4, 0.5) is 0 Å². The first-order valence-corrected chi connectivity index (χ1v) is 9.81. The molecule has 126 valence electrons. The lowest BCUT2D eigenvalue weighted by Crippen LogP contribution is -2.43. The molecule has 1 fully saturated rings. The summed E-state index contributed by atoms with van der Waals surface area (Å²) in [6, 6.07) is 0. The lowest BCUT2D eigenvalue weighted by molar-refractivity contribution is 0.0730. The maximum Gasteiger partial charge on any atom is 0.245 e. The molecule has 1 aromatic rings. The predicted molar refractivity (Wildman–Crippen MR) is 77.3 cm³/mol. The zero-order valence-corrected chi connectivity index (χ0v) is 14.0. The van der Waals surface area contributed by atoms with Crippen LogP contribution >= 0.6 is 0 Å². The number of ether oxygens (including phenoxy) is 1. The minimum absolute atomic E-state index is 0.0451. The second kappa shape index (κ2) is 6.62. The fourth-order valence-corrected chi connectivity index (χ4v) is 5.00. The number of aromatic nitrogens is 1. The Kier molecular flexibility index (Phi) is 5.22. The van der Waals surface area contributed by atoms with Gasteiger partial charge in [0, 0.05) is 19.6 Å². The van der Waals surface area contributed by atoms with Crippen LogP contribution in [0.5, 0.6) is 0 Å². The number of nitrogens with one attached hydrogen (secondary N) is 1. The molecule has 0 aromatic carbocycles. The standard InChI is InChI=1S/C11H19N3O6S2/c1-9-11(10(2)20-13-9)22(17,18)12-3-8-21(15,16)14-4-6-19-7-5-14/h12H,3-8H2,1-2H3. The maximum atomic E-state index is 12.2. The van der Waals surface area contributed by atoms with Crippen molar-refractivity contribution in [3.8, 4) is 0 Å². The molecule has 22 heavy (non-hydrogen) atoms. The number of morpholine rings is 1. The van der Waals surface area contributed by atoms with Gasteiger partial charge in [-0.25, -0.2) is 21.6 Å². The molecule has 0 radical (unpaired) electrons. The first-order chi connectivity index (χ1) is 10.2. The number of sulfonamides is 2. The molecule has 1 aromatic heterocycles. The highest BCUT2D eigenvalue weighted by molar-refractivity contribution is 7.90. The molecule has 1 aliphatic rings. The van der Waals surface area contributed by atoms with Crippen LogP contribution in [-0.2, 0) is 24.8 Å². The third-order valence-corrected chi connectivity index (χ3v) is 6.83. The third-order valence-electron chi connectivity index (χ3n) is 3.25. The fraction of sp³-hybridized carbons (Fsp3) is 0.727. The van der Waals surface area contributed by atoms with Crippen molar-refractivity contribution in [2.45, 2.75) is 18.7 Å². The molecule has 0 amide bonds. The monoisotopic (exact) mass is 353 g/mol.